The normalized spacial score (nSPS) is 16.2. The summed E-state index contributed by atoms with van der Waals surface area (Å²) in [4.78, 5) is 22.9. The fourth-order valence-electron chi connectivity index (χ4n) is 4.09. The number of nitrogens with one attached hydrogen (secondary N) is 1. The van der Waals surface area contributed by atoms with Gasteiger partial charge in [-0.3, -0.25) is 0 Å². The molecule has 0 bridgehead atoms. The Kier molecular flexibility index (Phi) is 9.03. The maximum absolute atomic E-state index is 14.0. The molecule has 1 amide bonds. The summed E-state index contributed by atoms with van der Waals surface area (Å²) in [6.45, 7) is 8.11. The number of hydrogen-bond donors (Lipinski definition) is 1. The molecule has 0 spiro atoms. The van der Waals surface area contributed by atoms with Gasteiger partial charge in [0.2, 0.25) is 0 Å². The first-order valence-electron chi connectivity index (χ1n) is 12.0. The summed E-state index contributed by atoms with van der Waals surface area (Å²) in [5, 5.41) is 0.640. The number of fused-ring (bicyclic) bond motifs is 2. The smallest absolute Gasteiger partial charge is 0.420 e. The largest absolute Gasteiger partial charge is 0.444 e. The summed E-state index contributed by atoms with van der Waals surface area (Å²) in [6.07, 6.45) is -5.32. The highest BCUT2D eigenvalue weighted by Crippen LogP contribution is 2.42. The van der Waals surface area contributed by atoms with Gasteiger partial charge in [0.25, 0.3) is 10.9 Å². The minimum absolute atomic E-state index is 0.0286. The molecule has 2 aromatic carbocycles. The second-order valence-corrected chi connectivity index (χ2v) is 12.6. The Labute approximate surface area is 258 Å². The van der Waals surface area contributed by atoms with E-state index in [0.717, 1.165) is 9.99 Å². The number of benzene rings is 2. The van der Waals surface area contributed by atoms with E-state index >= 15 is 0 Å². The summed E-state index contributed by atoms with van der Waals surface area (Å²) in [5.41, 5.74) is -0.765. The molecule has 16 heteroatoms. The molecule has 4 aromatic rings. The number of piperazine rings is 1. The molecule has 0 radical (unpaired) electrons. The lowest BCUT2D eigenvalue weighted by Gasteiger charge is -2.39. The van der Waals surface area contributed by atoms with E-state index in [1.165, 1.54) is 0 Å². The molecule has 1 aliphatic rings. The molecule has 1 atom stereocenters. The van der Waals surface area contributed by atoms with Crippen LogP contribution in [0.5, 0.6) is 0 Å². The first kappa shape index (κ1) is 31.6. The number of oxazole rings is 2. The number of rotatable bonds is 1. The van der Waals surface area contributed by atoms with Crippen molar-refractivity contribution in [3.05, 3.63) is 48.4 Å². The highest BCUT2D eigenvalue weighted by atomic mass is 79.9. The summed E-state index contributed by atoms with van der Waals surface area (Å²) in [6, 6.07) is 4.06. The molecule has 1 aliphatic heterocycles. The second kappa shape index (κ2) is 11.7. The van der Waals surface area contributed by atoms with Crippen LogP contribution in [0.4, 0.5) is 28.4 Å². The van der Waals surface area contributed by atoms with Gasteiger partial charge in [-0.25, -0.2) is 9.18 Å². The highest BCUT2D eigenvalue weighted by Gasteiger charge is 2.39. The van der Waals surface area contributed by atoms with Crippen molar-refractivity contribution >= 4 is 90.0 Å². The van der Waals surface area contributed by atoms with Crippen LogP contribution < -0.4 is 4.90 Å². The first-order valence-corrected chi connectivity index (χ1v) is 14.4. The van der Waals surface area contributed by atoms with Gasteiger partial charge in [-0.1, -0.05) is 11.6 Å². The van der Waals surface area contributed by atoms with Crippen molar-refractivity contribution < 1.29 is 35.9 Å². The van der Waals surface area contributed by atoms with Gasteiger partial charge < -0.3 is 28.4 Å². The summed E-state index contributed by atoms with van der Waals surface area (Å²) in [5.74, 6) is -1.43. The molecule has 2 aromatic heterocycles. The van der Waals surface area contributed by atoms with Gasteiger partial charge >= 0.3 is 12.3 Å². The quantitative estimate of drug-likeness (QED) is 0.154. The van der Waals surface area contributed by atoms with E-state index in [0.29, 0.717) is 41.1 Å². The highest BCUT2D eigenvalue weighted by molar-refractivity contribution is 9.11. The molecule has 8 nitrogen and oxygen atoms in total. The van der Waals surface area contributed by atoms with E-state index in [-0.39, 0.29) is 23.2 Å². The van der Waals surface area contributed by atoms with E-state index in [9.17, 15) is 22.4 Å². The number of halogens is 7. The van der Waals surface area contributed by atoms with E-state index in [4.69, 9.17) is 37.4 Å². The minimum atomic E-state index is -4.88. The lowest BCUT2D eigenvalue weighted by molar-refractivity contribution is -0.140. The lowest BCUT2D eigenvalue weighted by Crippen LogP contribution is -2.54. The summed E-state index contributed by atoms with van der Waals surface area (Å²) >= 11 is 16.7. The Balaban J connectivity index is 0.000000267. The lowest BCUT2D eigenvalue weighted by atomic mass is 10.2. The predicted molar refractivity (Wildman–Crippen MR) is 155 cm³/mol. The standard InChI is InChI=1S/C18H20BrF4N3O3.C7H3BrClNOS/c1-9-8-25(16(27)29-17(2,3)4)5-6-26(9)15-24-11-7-10(20)12(18(21,22)23)13(19)14(11)28-15;8-4-1-3(9)2-5-6(4)11-7(12)10-5/h7,9H,5-6,8H2,1-4H3;1-2H,(H,10,12). The van der Waals surface area contributed by atoms with Gasteiger partial charge in [0, 0.05) is 36.8 Å². The third kappa shape index (κ3) is 7.17. The zero-order valence-electron chi connectivity index (χ0n) is 22.0. The molecule has 0 aliphatic carbocycles. The first-order chi connectivity index (χ1) is 18.9. The van der Waals surface area contributed by atoms with Crippen LogP contribution in [0.2, 0.25) is 5.02 Å². The van der Waals surface area contributed by atoms with Gasteiger partial charge in [-0.15, -0.1) is 0 Å². The summed E-state index contributed by atoms with van der Waals surface area (Å²) < 4.78 is 69.7. The number of H-pyrrole nitrogens is 1. The number of carbonyl (C=O) groups excluding carboxylic acids is 1. The third-order valence-electron chi connectivity index (χ3n) is 5.81. The van der Waals surface area contributed by atoms with Crippen LogP contribution in [0.1, 0.15) is 33.3 Å². The fourth-order valence-corrected chi connectivity index (χ4v) is 5.87. The van der Waals surface area contributed by atoms with Crippen LogP contribution in [0.3, 0.4) is 0 Å². The molecule has 5 rings (SSSR count). The van der Waals surface area contributed by atoms with Crippen LogP contribution in [-0.4, -0.2) is 52.2 Å². The number of nitrogens with zero attached hydrogens (tertiary/aromatic N) is 3. The van der Waals surface area contributed by atoms with E-state index in [2.05, 4.69) is 41.8 Å². The zero-order chi connectivity index (χ0) is 30.4. The predicted octanol–water partition coefficient (Wildman–Crippen LogP) is 9.10. The van der Waals surface area contributed by atoms with Gasteiger partial charge in [-0.2, -0.15) is 18.2 Å². The number of ether oxygens (including phenoxy) is 1. The fraction of sp³-hybridized carbons (Fsp3) is 0.400. The maximum atomic E-state index is 14.0. The molecule has 3 heterocycles. The maximum Gasteiger partial charge on any atom is 0.420 e. The van der Waals surface area contributed by atoms with Crippen molar-refractivity contribution in [3.8, 4) is 0 Å². The molecule has 41 heavy (non-hydrogen) atoms. The Bertz CT molecular complexity index is 1670. The van der Waals surface area contributed by atoms with Crippen LogP contribution in [0, 0.1) is 10.7 Å². The van der Waals surface area contributed by atoms with E-state index in [1.807, 2.05) is 6.92 Å². The third-order valence-corrected chi connectivity index (χ3v) is 7.56. The molecule has 222 valence electrons. The van der Waals surface area contributed by atoms with Gasteiger partial charge in [0.05, 0.1) is 14.5 Å². The van der Waals surface area contributed by atoms with Crippen molar-refractivity contribution in [1.29, 1.82) is 0 Å². The zero-order valence-corrected chi connectivity index (χ0v) is 26.7. The van der Waals surface area contributed by atoms with Crippen molar-refractivity contribution in [2.45, 2.75) is 45.5 Å². The molecule has 1 N–H and O–H groups in total. The number of carbonyl (C=O) groups is 1. The monoisotopic (exact) mass is 744 g/mol. The molecule has 1 saturated heterocycles. The second-order valence-electron chi connectivity index (χ2n) is 10.1. The number of anilines is 1. The molecular weight excluding hydrogens is 724 g/mol. The van der Waals surface area contributed by atoms with Crippen molar-refractivity contribution in [3.63, 3.8) is 0 Å². The van der Waals surface area contributed by atoms with Crippen molar-refractivity contribution in [2.24, 2.45) is 0 Å². The van der Waals surface area contributed by atoms with Gasteiger partial charge in [-0.05, 0) is 83.9 Å². The van der Waals surface area contributed by atoms with Crippen LogP contribution in [-0.2, 0) is 10.9 Å². The van der Waals surface area contributed by atoms with Crippen LogP contribution >= 0.6 is 55.7 Å². The van der Waals surface area contributed by atoms with Crippen LogP contribution in [0.25, 0.3) is 22.2 Å². The number of hydrogen-bond acceptors (Lipinski definition) is 7. The molecular formula is C25H23Br2ClF4N4O4S. The average molecular weight is 747 g/mol. The van der Waals surface area contributed by atoms with Gasteiger partial charge in [0.1, 0.15) is 22.5 Å². The molecule has 0 saturated carbocycles. The number of aromatic amines is 1. The molecule has 1 fully saturated rings. The SMILES string of the molecule is CC1CN(C(=O)OC(C)(C)C)CCN1c1nc2cc(F)c(C(F)(F)F)c(Br)c2o1.S=c1[nH]c2cc(Cl)cc(Br)c2o1. The Morgan fingerprint density at radius 3 is 2.46 bits per heavy atom. The van der Waals surface area contributed by atoms with Crippen molar-refractivity contribution in [1.82, 2.24) is 14.9 Å². The van der Waals surface area contributed by atoms with Crippen LogP contribution in [0.15, 0.2) is 36.0 Å². The number of alkyl halides is 3. The number of aromatic nitrogens is 2. The van der Waals surface area contributed by atoms with E-state index < -0.39 is 33.7 Å². The van der Waals surface area contributed by atoms with E-state index in [1.54, 1.807) is 42.7 Å². The Morgan fingerprint density at radius 1 is 1.17 bits per heavy atom. The Hall–Kier alpha value is -2.36. The minimum Gasteiger partial charge on any atom is -0.444 e. The molecule has 1 unspecified atom stereocenters. The topological polar surface area (TPSA) is 87.7 Å². The van der Waals surface area contributed by atoms with Crippen molar-refractivity contribution in [2.75, 3.05) is 24.5 Å². The van der Waals surface area contributed by atoms with Gasteiger partial charge in [0.15, 0.2) is 11.2 Å². The Morgan fingerprint density at radius 2 is 1.85 bits per heavy atom. The summed E-state index contributed by atoms with van der Waals surface area (Å²) in [7, 11) is 0. The average Bonchev–Trinajstić information content (AvgIpc) is 3.40. The number of amides is 1.